The lowest BCUT2D eigenvalue weighted by molar-refractivity contribution is -0.142. The summed E-state index contributed by atoms with van der Waals surface area (Å²) in [5.41, 5.74) is 0. The lowest BCUT2D eigenvalue weighted by Crippen LogP contribution is -2.42. The number of hydrogen-bond donors (Lipinski definition) is 1. The number of hydrogen-bond acceptors (Lipinski definition) is 4. The van der Waals surface area contributed by atoms with Gasteiger partial charge in [-0.3, -0.25) is 4.79 Å². The molecular formula is C17H35NO4S. The fourth-order valence-corrected chi connectivity index (χ4v) is 3.83. The molecule has 1 atom stereocenters. The Morgan fingerprint density at radius 2 is 1.43 bits per heavy atom. The van der Waals surface area contributed by atoms with E-state index in [0.717, 1.165) is 25.7 Å². The number of unbranched alkanes of at least 4 members (excludes halogenated alkanes) is 8. The van der Waals surface area contributed by atoms with Crippen molar-refractivity contribution in [2.45, 2.75) is 90.5 Å². The second-order valence-electron chi connectivity index (χ2n) is 6.13. The number of carbonyl (C=O) groups excluding carboxylic acids is 1. The van der Waals surface area contributed by atoms with Crippen LogP contribution in [0.3, 0.4) is 0 Å². The smallest absolute Gasteiger partial charge is 0.323 e. The molecule has 0 unspecified atom stereocenters. The quantitative estimate of drug-likeness (QED) is 0.361. The zero-order chi connectivity index (χ0) is 17.6. The average molecular weight is 350 g/mol. The molecule has 23 heavy (non-hydrogen) atoms. The Morgan fingerprint density at radius 1 is 0.913 bits per heavy atom. The van der Waals surface area contributed by atoms with Crippen molar-refractivity contribution in [2.24, 2.45) is 0 Å². The summed E-state index contributed by atoms with van der Waals surface area (Å²) in [7, 11) is -2.13. The lowest BCUT2D eigenvalue weighted by Gasteiger charge is -2.16. The summed E-state index contributed by atoms with van der Waals surface area (Å²) >= 11 is 0. The highest BCUT2D eigenvalue weighted by Crippen LogP contribution is 2.10. The highest BCUT2D eigenvalue weighted by Gasteiger charge is 2.24. The first-order valence-corrected chi connectivity index (χ1v) is 10.7. The number of nitrogens with one attached hydrogen (secondary N) is 1. The molecule has 0 aliphatic rings. The molecule has 0 aromatic carbocycles. The van der Waals surface area contributed by atoms with Crippen LogP contribution in [0, 0.1) is 0 Å². The molecule has 0 heterocycles. The highest BCUT2D eigenvalue weighted by atomic mass is 32.2. The third-order valence-corrected chi connectivity index (χ3v) is 5.39. The normalized spacial score (nSPS) is 13.0. The van der Waals surface area contributed by atoms with Gasteiger partial charge in [-0.1, -0.05) is 71.6 Å². The van der Waals surface area contributed by atoms with Gasteiger partial charge in [0.1, 0.15) is 6.04 Å². The Morgan fingerprint density at radius 3 is 1.96 bits per heavy atom. The van der Waals surface area contributed by atoms with Crippen LogP contribution in [0.15, 0.2) is 0 Å². The van der Waals surface area contributed by atoms with Gasteiger partial charge in [0, 0.05) is 0 Å². The number of ether oxygens (including phenoxy) is 1. The third kappa shape index (κ3) is 12.5. The molecule has 0 radical (unpaired) electrons. The van der Waals surface area contributed by atoms with Crippen molar-refractivity contribution in [3.8, 4) is 0 Å². The van der Waals surface area contributed by atoms with Crippen LogP contribution in [0.5, 0.6) is 0 Å². The summed E-state index contributed by atoms with van der Waals surface area (Å²) in [6, 6.07) is -0.751. The largest absolute Gasteiger partial charge is 0.468 e. The molecule has 0 aliphatic carbocycles. The molecule has 0 aromatic heterocycles. The number of methoxy groups -OCH3 is 1. The predicted molar refractivity (Wildman–Crippen MR) is 94.9 cm³/mol. The molecule has 0 aliphatic heterocycles. The van der Waals surface area contributed by atoms with Crippen LogP contribution in [0.1, 0.15) is 84.5 Å². The molecule has 0 amide bonds. The summed E-state index contributed by atoms with van der Waals surface area (Å²) in [5.74, 6) is -0.417. The Bertz CT molecular complexity index is 395. The average Bonchev–Trinajstić information content (AvgIpc) is 2.53. The van der Waals surface area contributed by atoms with Crippen LogP contribution < -0.4 is 4.72 Å². The van der Waals surface area contributed by atoms with Crippen LogP contribution in [0.4, 0.5) is 0 Å². The van der Waals surface area contributed by atoms with Gasteiger partial charge in [-0.15, -0.1) is 0 Å². The minimum atomic E-state index is -3.42. The van der Waals surface area contributed by atoms with Gasteiger partial charge in [0.05, 0.1) is 12.9 Å². The zero-order valence-corrected chi connectivity index (χ0v) is 15.9. The summed E-state index contributed by atoms with van der Waals surface area (Å²) in [6.45, 7) is 4.20. The minimum Gasteiger partial charge on any atom is -0.468 e. The van der Waals surface area contributed by atoms with E-state index in [4.69, 9.17) is 0 Å². The molecule has 6 heteroatoms. The molecule has 5 nitrogen and oxygen atoms in total. The van der Waals surface area contributed by atoms with Crippen LogP contribution in [0.2, 0.25) is 0 Å². The molecule has 0 saturated carbocycles. The van der Waals surface area contributed by atoms with Crippen molar-refractivity contribution < 1.29 is 17.9 Å². The van der Waals surface area contributed by atoms with E-state index >= 15 is 0 Å². The third-order valence-electron chi connectivity index (χ3n) is 3.92. The van der Waals surface area contributed by atoms with Crippen molar-refractivity contribution in [3.63, 3.8) is 0 Å². The molecule has 0 fully saturated rings. The minimum absolute atomic E-state index is 0.0849. The molecule has 0 aromatic rings. The summed E-state index contributed by atoms with van der Waals surface area (Å²) in [4.78, 5) is 11.6. The molecule has 0 spiro atoms. The summed E-state index contributed by atoms with van der Waals surface area (Å²) in [6.07, 6.45) is 11.0. The molecular weight excluding hydrogens is 314 g/mol. The maximum Gasteiger partial charge on any atom is 0.323 e. The van der Waals surface area contributed by atoms with E-state index in [1.165, 1.54) is 39.2 Å². The zero-order valence-electron chi connectivity index (χ0n) is 15.1. The van der Waals surface area contributed by atoms with Gasteiger partial charge in [-0.2, -0.15) is 0 Å². The van der Waals surface area contributed by atoms with E-state index in [2.05, 4.69) is 16.4 Å². The topological polar surface area (TPSA) is 72.5 Å². The summed E-state index contributed by atoms with van der Waals surface area (Å²) < 4.78 is 31.3. The van der Waals surface area contributed by atoms with E-state index < -0.39 is 22.0 Å². The van der Waals surface area contributed by atoms with Gasteiger partial charge in [0.25, 0.3) is 0 Å². The molecule has 138 valence electrons. The van der Waals surface area contributed by atoms with Crippen molar-refractivity contribution in [3.05, 3.63) is 0 Å². The van der Waals surface area contributed by atoms with Crippen LogP contribution >= 0.6 is 0 Å². The Hall–Kier alpha value is -0.620. The lowest BCUT2D eigenvalue weighted by atomic mass is 10.1. The Kier molecular flexibility index (Phi) is 13.4. The van der Waals surface area contributed by atoms with Gasteiger partial charge >= 0.3 is 5.97 Å². The number of rotatable bonds is 15. The SMILES string of the molecule is CCCCCCCCCCS(=O)(=O)N[C@@H](CCCC)C(=O)OC. The maximum absolute atomic E-state index is 12.1. The van der Waals surface area contributed by atoms with Crippen LogP contribution in [-0.2, 0) is 19.6 Å². The van der Waals surface area contributed by atoms with E-state index in [0.29, 0.717) is 12.8 Å². The molecule has 0 rings (SSSR count). The second-order valence-corrected chi connectivity index (χ2v) is 8.00. The van der Waals surface area contributed by atoms with Gasteiger partial charge in [-0.05, 0) is 12.8 Å². The maximum atomic E-state index is 12.1. The Labute approximate surface area is 142 Å². The van der Waals surface area contributed by atoms with Gasteiger partial charge in [-0.25, -0.2) is 13.1 Å². The first-order chi connectivity index (χ1) is 11.0. The number of carbonyl (C=O) groups is 1. The van der Waals surface area contributed by atoms with E-state index in [1.807, 2.05) is 6.92 Å². The van der Waals surface area contributed by atoms with Crippen molar-refractivity contribution in [1.29, 1.82) is 0 Å². The van der Waals surface area contributed by atoms with Crippen LogP contribution in [-0.4, -0.2) is 33.3 Å². The molecule has 0 bridgehead atoms. The molecule has 0 saturated heterocycles. The number of esters is 1. The fourth-order valence-electron chi connectivity index (χ4n) is 2.48. The summed E-state index contributed by atoms with van der Waals surface area (Å²) in [5, 5.41) is 0. The standard InChI is InChI=1S/C17H35NO4S/c1-4-6-8-9-10-11-12-13-15-23(20,21)18-16(14-7-5-2)17(19)22-3/h16,18H,4-15H2,1-3H3/t16-/m0/s1. The number of sulfonamides is 1. The van der Waals surface area contributed by atoms with Gasteiger partial charge in [0.2, 0.25) is 10.0 Å². The van der Waals surface area contributed by atoms with E-state index in [9.17, 15) is 13.2 Å². The van der Waals surface area contributed by atoms with E-state index in [1.54, 1.807) is 0 Å². The molecule has 1 N–H and O–H groups in total. The van der Waals surface area contributed by atoms with Gasteiger partial charge in [0.15, 0.2) is 0 Å². The van der Waals surface area contributed by atoms with Crippen molar-refractivity contribution in [1.82, 2.24) is 4.72 Å². The van der Waals surface area contributed by atoms with Gasteiger partial charge < -0.3 is 4.74 Å². The fraction of sp³-hybridized carbons (Fsp3) is 0.941. The van der Waals surface area contributed by atoms with Crippen molar-refractivity contribution in [2.75, 3.05) is 12.9 Å². The first kappa shape index (κ1) is 22.4. The Balaban J connectivity index is 4.02. The predicted octanol–water partition coefficient (Wildman–Crippen LogP) is 3.78. The first-order valence-electron chi connectivity index (χ1n) is 9.04. The highest BCUT2D eigenvalue weighted by molar-refractivity contribution is 7.89. The van der Waals surface area contributed by atoms with Crippen LogP contribution in [0.25, 0.3) is 0 Å². The second kappa shape index (κ2) is 13.8. The monoisotopic (exact) mass is 349 g/mol. The van der Waals surface area contributed by atoms with Crippen molar-refractivity contribution >= 4 is 16.0 Å². The van der Waals surface area contributed by atoms with E-state index in [-0.39, 0.29) is 5.75 Å².